The van der Waals surface area contributed by atoms with Gasteiger partial charge >= 0.3 is 0 Å². The fourth-order valence-corrected chi connectivity index (χ4v) is 3.87. The standard InChI is InChI=1S/C11H24N4O2S.ClH/c1-2-4-13-18(16,17)15-8-6-14(7-9-15)11-3-5-12-10-11;/h11-13H,2-10H2,1H3;1H. The molecule has 8 heteroatoms. The van der Waals surface area contributed by atoms with E-state index in [1.807, 2.05) is 6.92 Å². The molecule has 0 amide bonds. The summed E-state index contributed by atoms with van der Waals surface area (Å²) in [5.41, 5.74) is 0. The molecule has 2 heterocycles. The van der Waals surface area contributed by atoms with Crippen LogP contribution in [0.15, 0.2) is 0 Å². The van der Waals surface area contributed by atoms with E-state index in [0.29, 0.717) is 25.7 Å². The van der Waals surface area contributed by atoms with Crippen LogP contribution in [0, 0.1) is 0 Å². The van der Waals surface area contributed by atoms with Crippen molar-refractivity contribution < 1.29 is 8.42 Å². The lowest BCUT2D eigenvalue weighted by Gasteiger charge is -2.37. The molecule has 1 unspecified atom stereocenters. The molecule has 2 aliphatic rings. The molecule has 0 aromatic rings. The van der Waals surface area contributed by atoms with E-state index in [9.17, 15) is 8.42 Å². The topological polar surface area (TPSA) is 64.7 Å². The summed E-state index contributed by atoms with van der Waals surface area (Å²) in [7, 11) is -3.25. The second kappa shape index (κ2) is 7.75. The predicted molar refractivity (Wildman–Crippen MR) is 78.9 cm³/mol. The average molecular weight is 313 g/mol. The number of piperazine rings is 1. The molecule has 114 valence electrons. The van der Waals surface area contributed by atoms with E-state index in [2.05, 4.69) is 14.9 Å². The second-order valence-corrected chi connectivity index (χ2v) is 6.74. The summed E-state index contributed by atoms with van der Waals surface area (Å²) in [5.74, 6) is 0. The zero-order valence-electron chi connectivity index (χ0n) is 11.5. The minimum atomic E-state index is -3.25. The smallest absolute Gasteiger partial charge is 0.279 e. The van der Waals surface area contributed by atoms with E-state index in [0.717, 1.165) is 32.6 Å². The molecule has 6 nitrogen and oxygen atoms in total. The van der Waals surface area contributed by atoms with Crippen LogP contribution >= 0.6 is 12.4 Å². The first kappa shape index (κ1) is 17.1. The van der Waals surface area contributed by atoms with Gasteiger partial charge in [0.15, 0.2) is 0 Å². The summed E-state index contributed by atoms with van der Waals surface area (Å²) in [6.45, 7) is 7.52. The molecule has 19 heavy (non-hydrogen) atoms. The maximum Gasteiger partial charge on any atom is 0.279 e. The number of hydrogen-bond acceptors (Lipinski definition) is 4. The van der Waals surface area contributed by atoms with E-state index in [1.165, 1.54) is 6.42 Å². The third-order valence-corrected chi connectivity index (χ3v) is 5.31. The monoisotopic (exact) mass is 312 g/mol. The third kappa shape index (κ3) is 4.54. The zero-order chi connectivity index (χ0) is 13.0. The number of halogens is 1. The highest BCUT2D eigenvalue weighted by atomic mass is 35.5. The van der Waals surface area contributed by atoms with Crippen molar-refractivity contribution in [1.82, 2.24) is 19.2 Å². The van der Waals surface area contributed by atoms with Gasteiger partial charge in [0.05, 0.1) is 0 Å². The van der Waals surface area contributed by atoms with Gasteiger partial charge in [0.1, 0.15) is 0 Å². The largest absolute Gasteiger partial charge is 0.315 e. The minimum absolute atomic E-state index is 0. The highest BCUT2D eigenvalue weighted by Crippen LogP contribution is 2.13. The lowest BCUT2D eigenvalue weighted by atomic mass is 10.2. The van der Waals surface area contributed by atoms with Gasteiger partial charge in [-0.3, -0.25) is 4.90 Å². The Kier molecular flexibility index (Phi) is 6.99. The van der Waals surface area contributed by atoms with Gasteiger partial charge in [-0.15, -0.1) is 12.4 Å². The Morgan fingerprint density at radius 2 is 1.95 bits per heavy atom. The molecular weight excluding hydrogens is 288 g/mol. The predicted octanol–water partition coefficient (Wildman–Crippen LogP) is -0.368. The Bertz CT molecular complexity index is 352. The van der Waals surface area contributed by atoms with Crippen molar-refractivity contribution >= 4 is 22.6 Å². The third-order valence-electron chi connectivity index (χ3n) is 3.70. The first-order chi connectivity index (χ1) is 8.63. The first-order valence-electron chi connectivity index (χ1n) is 6.83. The van der Waals surface area contributed by atoms with E-state index >= 15 is 0 Å². The number of hydrogen-bond donors (Lipinski definition) is 2. The summed E-state index contributed by atoms with van der Waals surface area (Å²) in [6, 6.07) is 0.596. The normalized spacial score (nSPS) is 26.3. The van der Waals surface area contributed by atoms with E-state index in [4.69, 9.17) is 0 Å². The van der Waals surface area contributed by atoms with Crippen LogP contribution in [0.25, 0.3) is 0 Å². The van der Waals surface area contributed by atoms with Crippen molar-refractivity contribution in [3.05, 3.63) is 0 Å². The number of nitrogens with zero attached hydrogens (tertiary/aromatic N) is 2. The van der Waals surface area contributed by atoms with Crippen molar-refractivity contribution in [3.63, 3.8) is 0 Å². The van der Waals surface area contributed by atoms with Crippen LogP contribution in [0.4, 0.5) is 0 Å². The highest BCUT2D eigenvalue weighted by molar-refractivity contribution is 7.87. The summed E-state index contributed by atoms with van der Waals surface area (Å²) >= 11 is 0. The summed E-state index contributed by atoms with van der Waals surface area (Å²) < 4.78 is 28.1. The molecule has 2 saturated heterocycles. The maximum absolute atomic E-state index is 12.0. The van der Waals surface area contributed by atoms with Gasteiger partial charge in [-0.1, -0.05) is 6.92 Å². The number of rotatable bonds is 5. The summed E-state index contributed by atoms with van der Waals surface area (Å²) in [5, 5.41) is 3.35. The van der Waals surface area contributed by atoms with Gasteiger partial charge in [0.2, 0.25) is 0 Å². The minimum Gasteiger partial charge on any atom is -0.315 e. The van der Waals surface area contributed by atoms with Crippen molar-refractivity contribution in [2.24, 2.45) is 0 Å². The van der Waals surface area contributed by atoms with Crippen LogP contribution in [0.2, 0.25) is 0 Å². The Morgan fingerprint density at radius 3 is 2.47 bits per heavy atom. The van der Waals surface area contributed by atoms with Crippen LogP contribution in [0.5, 0.6) is 0 Å². The number of nitrogens with one attached hydrogen (secondary N) is 2. The van der Waals surface area contributed by atoms with Crippen molar-refractivity contribution in [2.45, 2.75) is 25.8 Å². The van der Waals surface area contributed by atoms with Gasteiger partial charge in [0, 0.05) is 45.3 Å². The Hall–Kier alpha value is 0.0800. The molecule has 2 fully saturated rings. The van der Waals surface area contributed by atoms with Gasteiger partial charge in [-0.2, -0.15) is 12.7 Å². The molecule has 0 bridgehead atoms. The van der Waals surface area contributed by atoms with E-state index in [1.54, 1.807) is 4.31 Å². The van der Waals surface area contributed by atoms with Gasteiger partial charge < -0.3 is 5.32 Å². The Morgan fingerprint density at radius 1 is 1.26 bits per heavy atom. The van der Waals surface area contributed by atoms with Crippen LogP contribution < -0.4 is 10.0 Å². The van der Waals surface area contributed by atoms with Gasteiger partial charge in [-0.25, -0.2) is 4.72 Å². The highest BCUT2D eigenvalue weighted by Gasteiger charge is 2.30. The quantitative estimate of drug-likeness (QED) is 0.727. The fourth-order valence-electron chi connectivity index (χ4n) is 2.58. The van der Waals surface area contributed by atoms with Gasteiger partial charge in [-0.05, 0) is 19.4 Å². The molecule has 0 aromatic carbocycles. The van der Waals surface area contributed by atoms with Gasteiger partial charge in [0.25, 0.3) is 10.2 Å². The molecule has 0 aromatic heterocycles. The van der Waals surface area contributed by atoms with E-state index in [-0.39, 0.29) is 12.4 Å². The molecular formula is C11H25ClN4O2S. The SMILES string of the molecule is CCCNS(=O)(=O)N1CCN(C2CCNC2)CC1.Cl. The van der Waals surface area contributed by atoms with Crippen molar-refractivity contribution in [2.75, 3.05) is 45.8 Å². The molecule has 0 spiro atoms. The maximum atomic E-state index is 12.0. The molecule has 1 atom stereocenters. The van der Waals surface area contributed by atoms with E-state index < -0.39 is 10.2 Å². The average Bonchev–Trinajstić information content (AvgIpc) is 2.90. The van der Waals surface area contributed by atoms with Crippen molar-refractivity contribution in [3.8, 4) is 0 Å². The molecule has 0 saturated carbocycles. The first-order valence-corrected chi connectivity index (χ1v) is 8.27. The van der Waals surface area contributed by atoms with Crippen LogP contribution in [-0.4, -0.2) is 69.5 Å². The Balaban J connectivity index is 0.00000180. The van der Waals surface area contributed by atoms with Crippen LogP contribution in [-0.2, 0) is 10.2 Å². The molecule has 2 N–H and O–H groups in total. The molecule has 0 aliphatic carbocycles. The summed E-state index contributed by atoms with van der Waals surface area (Å²) in [6.07, 6.45) is 2.01. The molecule has 0 radical (unpaired) electrons. The lowest BCUT2D eigenvalue weighted by Crippen LogP contribution is -2.54. The van der Waals surface area contributed by atoms with Crippen LogP contribution in [0.3, 0.4) is 0 Å². The fraction of sp³-hybridized carbons (Fsp3) is 1.00. The Labute approximate surface area is 122 Å². The molecule has 2 rings (SSSR count). The zero-order valence-corrected chi connectivity index (χ0v) is 13.1. The lowest BCUT2D eigenvalue weighted by molar-refractivity contribution is 0.144. The van der Waals surface area contributed by atoms with Crippen LogP contribution in [0.1, 0.15) is 19.8 Å². The van der Waals surface area contributed by atoms with Crippen molar-refractivity contribution in [1.29, 1.82) is 0 Å². The summed E-state index contributed by atoms with van der Waals surface area (Å²) in [4.78, 5) is 2.41. The second-order valence-electron chi connectivity index (χ2n) is 4.98. The molecule has 2 aliphatic heterocycles.